The van der Waals surface area contributed by atoms with Crippen molar-refractivity contribution in [1.29, 1.82) is 0 Å². The number of rotatable bonds is 23. The molecule has 0 fully saturated rings. The molecular formula is C43H74N10O12. The Morgan fingerprint density at radius 1 is 0.631 bits per heavy atom. The lowest BCUT2D eigenvalue weighted by Gasteiger charge is -2.35. The fourth-order valence-electron chi connectivity index (χ4n) is 5.32. The minimum atomic E-state index is -1.67. The van der Waals surface area contributed by atoms with Crippen LogP contribution in [-0.4, -0.2) is 127 Å². The maximum Gasteiger partial charge on any atom is 0.408 e. The summed E-state index contributed by atoms with van der Waals surface area (Å²) in [5.74, 6) is -5.59. The molecule has 0 bridgehead atoms. The van der Waals surface area contributed by atoms with Crippen molar-refractivity contribution in [2.24, 2.45) is 5.92 Å². The molecule has 0 spiro atoms. The van der Waals surface area contributed by atoms with Crippen LogP contribution >= 0.6 is 0 Å². The highest BCUT2D eigenvalue weighted by Gasteiger charge is 2.42. The standard InChI is InChI=1S/C43H74N10O12/c1-25(29(55)45-43(16,17)35(61)63-18)23-64-24-27-22-53(52-51-27)21-19-20-28(30(56)46-40(10,11)32(58)47-38(6,7)26(2)54)44-31(57)39(8,9)48-33(59)41(12,13)49-34(60)42(14,15)50-36(62)65-37(3,4)5/h22,25,28H,19-21,23-24H2,1-18H3,(H,44,57)(H,45,55)(H,46,56)(H,47,58)(H,48,59)(H,49,60)(H,50,62)/t25-,28-/m0/s1. The predicted octanol–water partition coefficient (Wildman–Crippen LogP) is 1.24. The molecule has 0 radical (unpaired) electrons. The molecule has 2 atom stereocenters. The van der Waals surface area contributed by atoms with Gasteiger partial charge in [-0.15, -0.1) is 5.10 Å². The second-order valence-corrected chi connectivity index (χ2v) is 20.3. The highest BCUT2D eigenvalue weighted by Crippen LogP contribution is 2.16. The maximum atomic E-state index is 13.9. The average Bonchev–Trinajstić information content (AvgIpc) is 3.58. The van der Waals surface area contributed by atoms with Crippen LogP contribution in [0.25, 0.3) is 0 Å². The van der Waals surface area contributed by atoms with Gasteiger partial charge >= 0.3 is 12.1 Å². The van der Waals surface area contributed by atoms with Crippen LogP contribution in [-0.2, 0) is 65.7 Å². The van der Waals surface area contributed by atoms with Gasteiger partial charge in [0.05, 0.1) is 38.0 Å². The van der Waals surface area contributed by atoms with E-state index in [1.165, 1.54) is 102 Å². The smallest absolute Gasteiger partial charge is 0.408 e. The number of amides is 7. The number of aromatic nitrogens is 3. The topological polar surface area (TPSA) is 296 Å². The Morgan fingerprint density at radius 2 is 1.09 bits per heavy atom. The first-order chi connectivity index (χ1) is 29.3. The Kier molecular flexibility index (Phi) is 19.4. The second-order valence-electron chi connectivity index (χ2n) is 20.3. The lowest BCUT2D eigenvalue weighted by molar-refractivity contribution is -0.150. The number of ketones is 1. The summed E-state index contributed by atoms with van der Waals surface area (Å²) in [5.41, 5.74) is -9.18. The van der Waals surface area contributed by atoms with Gasteiger partial charge in [0.25, 0.3) is 0 Å². The first kappa shape index (κ1) is 57.3. The summed E-state index contributed by atoms with van der Waals surface area (Å²) in [5, 5.41) is 26.5. The number of esters is 1. The minimum absolute atomic E-state index is 0.0126. The van der Waals surface area contributed by atoms with Crippen LogP contribution in [0, 0.1) is 5.92 Å². The quantitative estimate of drug-likeness (QED) is 0.0761. The van der Waals surface area contributed by atoms with Gasteiger partial charge in [-0.3, -0.25) is 38.2 Å². The van der Waals surface area contributed by atoms with Gasteiger partial charge in [0.15, 0.2) is 5.78 Å². The molecule has 0 aliphatic heterocycles. The molecule has 65 heavy (non-hydrogen) atoms. The van der Waals surface area contributed by atoms with Crippen LogP contribution < -0.4 is 37.2 Å². The third-order valence-corrected chi connectivity index (χ3v) is 9.96. The molecular weight excluding hydrogens is 849 g/mol. The number of ether oxygens (including phenoxy) is 3. The van der Waals surface area contributed by atoms with E-state index in [0.717, 1.165) is 0 Å². The van der Waals surface area contributed by atoms with E-state index in [1.54, 1.807) is 33.9 Å². The van der Waals surface area contributed by atoms with Gasteiger partial charge in [0, 0.05) is 6.54 Å². The minimum Gasteiger partial charge on any atom is -0.467 e. The van der Waals surface area contributed by atoms with Gasteiger partial charge in [-0.1, -0.05) is 12.1 Å². The normalized spacial score (nSPS) is 13.6. The molecule has 368 valence electrons. The number of Topliss-reactive ketones (excluding diaryl/α,β-unsaturated/α-hetero) is 1. The lowest BCUT2D eigenvalue weighted by atomic mass is 9.95. The zero-order valence-corrected chi connectivity index (χ0v) is 41.5. The summed E-state index contributed by atoms with van der Waals surface area (Å²) >= 11 is 0. The molecule has 0 unspecified atom stereocenters. The number of nitrogens with one attached hydrogen (secondary N) is 7. The third kappa shape index (κ3) is 18.4. The van der Waals surface area contributed by atoms with Crippen LogP contribution in [0.2, 0.25) is 0 Å². The Balaban J connectivity index is 3.16. The third-order valence-electron chi connectivity index (χ3n) is 9.96. The van der Waals surface area contributed by atoms with Crippen molar-refractivity contribution in [3.05, 3.63) is 11.9 Å². The molecule has 7 amide bonds. The van der Waals surface area contributed by atoms with Gasteiger partial charge < -0.3 is 51.4 Å². The van der Waals surface area contributed by atoms with E-state index in [9.17, 15) is 43.2 Å². The van der Waals surface area contributed by atoms with Crippen molar-refractivity contribution in [3.8, 4) is 0 Å². The summed E-state index contributed by atoms with van der Waals surface area (Å²) < 4.78 is 17.1. The molecule has 1 rings (SSSR count). The van der Waals surface area contributed by atoms with E-state index in [2.05, 4.69) is 47.5 Å². The molecule has 7 N–H and O–H groups in total. The predicted molar refractivity (Wildman–Crippen MR) is 237 cm³/mol. The zero-order valence-electron chi connectivity index (χ0n) is 41.5. The molecule has 0 aromatic carbocycles. The highest BCUT2D eigenvalue weighted by atomic mass is 16.6. The number of methoxy groups -OCH3 is 1. The van der Waals surface area contributed by atoms with Gasteiger partial charge in [-0.2, -0.15) is 0 Å². The van der Waals surface area contributed by atoms with Gasteiger partial charge in [-0.25, -0.2) is 9.59 Å². The SMILES string of the molecule is COC(=O)C(C)(C)NC(=O)[C@@H](C)COCc1cn(CCC[C@H](NC(=O)C(C)(C)NC(=O)C(C)(C)NC(=O)C(C)(C)NC(=O)OC(C)(C)C)C(=O)NC(C)(C)C(=O)NC(C)(C)C(C)=O)nn1. The number of aryl methyl sites for hydroxylation is 1. The monoisotopic (exact) mass is 923 g/mol. The molecule has 0 aliphatic rings. The van der Waals surface area contributed by atoms with Crippen molar-refractivity contribution in [2.45, 2.75) is 189 Å². The van der Waals surface area contributed by atoms with Crippen molar-refractivity contribution in [3.63, 3.8) is 0 Å². The van der Waals surface area contributed by atoms with Gasteiger partial charge in [0.2, 0.25) is 35.4 Å². The van der Waals surface area contributed by atoms with Crippen LogP contribution in [0.4, 0.5) is 4.79 Å². The highest BCUT2D eigenvalue weighted by molar-refractivity contribution is 6.00. The van der Waals surface area contributed by atoms with Crippen LogP contribution in [0.1, 0.15) is 136 Å². The molecule has 0 saturated carbocycles. The number of carbonyl (C=O) groups is 9. The molecule has 0 aliphatic carbocycles. The Morgan fingerprint density at radius 3 is 1.58 bits per heavy atom. The number of nitrogens with zero attached hydrogens (tertiary/aromatic N) is 3. The summed E-state index contributed by atoms with van der Waals surface area (Å²) in [6, 6.07) is -1.26. The van der Waals surface area contributed by atoms with E-state index < -0.39 is 98.3 Å². The number of hydrogen-bond donors (Lipinski definition) is 7. The van der Waals surface area contributed by atoms with E-state index in [1.807, 2.05) is 0 Å². The Bertz CT molecular complexity index is 1930. The van der Waals surface area contributed by atoms with Crippen molar-refractivity contribution >= 4 is 53.3 Å². The summed E-state index contributed by atoms with van der Waals surface area (Å²) in [6.07, 6.45) is 1.03. The van der Waals surface area contributed by atoms with Crippen LogP contribution in [0.3, 0.4) is 0 Å². The lowest BCUT2D eigenvalue weighted by Crippen LogP contribution is -2.67. The maximum absolute atomic E-state index is 13.9. The molecule has 0 saturated heterocycles. The number of alkyl carbamates (subject to hydrolysis) is 1. The first-order valence-corrected chi connectivity index (χ1v) is 21.3. The van der Waals surface area contributed by atoms with Crippen molar-refractivity contribution in [1.82, 2.24) is 52.2 Å². The summed E-state index contributed by atoms with van der Waals surface area (Å²) in [4.78, 5) is 117. The van der Waals surface area contributed by atoms with Gasteiger partial charge in [-0.05, 0) is 124 Å². The van der Waals surface area contributed by atoms with E-state index in [4.69, 9.17) is 14.2 Å². The molecule has 22 nitrogen and oxygen atoms in total. The summed E-state index contributed by atoms with van der Waals surface area (Å²) in [7, 11) is 1.23. The van der Waals surface area contributed by atoms with E-state index >= 15 is 0 Å². The molecule has 1 aromatic rings. The average molecular weight is 923 g/mol. The molecule has 1 aromatic heterocycles. The second kappa shape index (κ2) is 22.0. The fourth-order valence-corrected chi connectivity index (χ4v) is 5.32. The number of carbonyl (C=O) groups excluding carboxylic acids is 9. The van der Waals surface area contributed by atoms with Crippen molar-refractivity contribution in [2.75, 3.05) is 13.7 Å². The molecule has 22 heteroatoms. The Labute approximate surface area is 382 Å². The van der Waals surface area contributed by atoms with E-state index in [0.29, 0.717) is 5.69 Å². The Hall–Kier alpha value is -5.67. The van der Waals surface area contributed by atoms with Crippen LogP contribution in [0.5, 0.6) is 0 Å². The molecule has 1 heterocycles. The first-order valence-electron chi connectivity index (χ1n) is 21.3. The number of hydrogen-bond acceptors (Lipinski definition) is 14. The van der Waals surface area contributed by atoms with Crippen molar-refractivity contribution < 1.29 is 57.4 Å². The van der Waals surface area contributed by atoms with Crippen LogP contribution in [0.15, 0.2) is 6.20 Å². The van der Waals surface area contributed by atoms with E-state index in [-0.39, 0.29) is 38.4 Å². The fraction of sp³-hybridized carbons (Fsp3) is 0.744. The zero-order chi connectivity index (χ0) is 50.7. The van der Waals surface area contributed by atoms with Gasteiger partial charge in [0.1, 0.15) is 45.0 Å². The largest absolute Gasteiger partial charge is 0.467 e. The summed E-state index contributed by atoms with van der Waals surface area (Å²) in [6.45, 7) is 25.7.